The minimum atomic E-state index is -1.55. The Morgan fingerprint density at radius 3 is 2.21 bits per heavy atom. The van der Waals surface area contributed by atoms with Crippen molar-refractivity contribution in [2.75, 3.05) is 13.7 Å². The van der Waals surface area contributed by atoms with Crippen molar-refractivity contribution in [2.24, 2.45) is 0 Å². The number of rotatable bonds is 2. The summed E-state index contributed by atoms with van der Waals surface area (Å²) >= 11 is 0. The van der Waals surface area contributed by atoms with Gasteiger partial charge in [0.25, 0.3) is 6.10 Å². The normalized spacial score (nSPS) is 44.4. The molecule has 0 aliphatic carbocycles. The van der Waals surface area contributed by atoms with Crippen LogP contribution in [-0.2, 0) is 9.25 Å². The molecule has 14 heavy (non-hydrogen) atoms. The molecule has 0 radical (unpaired) electrons. The minimum absolute atomic E-state index is 0.518. The lowest BCUT2D eigenvalue weighted by Gasteiger charge is -2.37. The Morgan fingerprint density at radius 1 is 1.21 bits per heavy atom. The van der Waals surface area contributed by atoms with Gasteiger partial charge in [-0.2, -0.15) is 0 Å². The molecular formula is C7H15O7+. The van der Waals surface area contributed by atoms with Crippen LogP contribution in [-0.4, -0.2) is 70.1 Å². The third kappa shape index (κ3) is 2.04. The van der Waals surface area contributed by atoms with E-state index in [1.807, 2.05) is 0 Å². The van der Waals surface area contributed by atoms with Crippen LogP contribution in [0.3, 0.4) is 0 Å². The Morgan fingerprint density at radius 2 is 1.79 bits per heavy atom. The summed E-state index contributed by atoms with van der Waals surface area (Å²) < 4.78 is 6.07. The molecular weight excluding hydrogens is 196 g/mol. The van der Waals surface area contributed by atoms with E-state index in [4.69, 9.17) is 15.1 Å². The van der Waals surface area contributed by atoms with Crippen molar-refractivity contribution in [3.63, 3.8) is 0 Å². The van der Waals surface area contributed by atoms with E-state index in [-0.39, 0.29) is 0 Å². The van der Waals surface area contributed by atoms with Gasteiger partial charge < -0.3 is 25.2 Å². The first kappa shape index (κ1) is 11.8. The van der Waals surface area contributed by atoms with Crippen LogP contribution in [0.15, 0.2) is 0 Å². The van der Waals surface area contributed by atoms with Gasteiger partial charge in [-0.05, 0) is 0 Å². The zero-order valence-electron chi connectivity index (χ0n) is 7.65. The van der Waals surface area contributed by atoms with E-state index >= 15 is 0 Å². The average molecular weight is 211 g/mol. The predicted octanol–water partition coefficient (Wildman–Crippen LogP) is -2.56. The molecule has 0 aromatic rings. The second-order valence-electron chi connectivity index (χ2n) is 3.22. The van der Waals surface area contributed by atoms with Crippen LogP contribution in [0.25, 0.3) is 0 Å². The van der Waals surface area contributed by atoms with Crippen molar-refractivity contribution in [1.29, 1.82) is 0 Å². The van der Waals surface area contributed by atoms with Crippen LogP contribution in [0, 0.1) is 0 Å². The second kappa shape index (κ2) is 4.49. The molecule has 0 unspecified atom stereocenters. The Labute approximate surface area is 80.4 Å². The Bertz CT molecular complexity index is 185. The second-order valence-corrected chi connectivity index (χ2v) is 3.22. The van der Waals surface area contributed by atoms with Gasteiger partial charge >= 0.3 is 0 Å². The first-order valence-electron chi connectivity index (χ1n) is 4.13. The quantitative estimate of drug-likeness (QED) is 0.195. The maximum absolute atomic E-state index is 9.51. The zero-order chi connectivity index (χ0) is 10.9. The van der Waals surface area contributed by atoms with Gasteiger partial charge in [0.15, 0.2) is 25.6 Å². The molecule has 7 heteroatoms. The molecule has 0 spiro atoms. The Hall–Kier alpha value is -0.280. The number of hydrogen-bond acceptors (Lipinski definition) is 6. The van der Waals surface area contributed by atoms with Crippen molar-refractivity contribution in [3.05, 3.63) is 0 Å². The topological polar surface area (TPSA) is 113 Å². The summed E-state index contributed by atoms with van der Waals surface area (Å²) in [7, 11) is 1.14. The lowest BCUT2D eigenvalue weighted by molar-refractivity contribution is -0.481. The Kier molecular flexibility index (Phi) is 3.78. The molecule has 84 valence electrons. The van der Waals surface area contributed by atoms with E-state index in [2.05, 4.69) is 0 Å². The van der Waals surface area contributed by atoms with Crippen molar-refractivity contribution < 1.29 is 34.9 Å². The van der Waals surface area contributed by atoms with E-state index < -0.39 is 37.3 Å². The molecule has 0 bridgehead atoms. The molecule has 0 aromatic carbocycles. The van der Waals surface area contributed by atoms with Crippen LogP contribution in [0.2, 0.25) is 0 Å². The molecule has 0 amide bonds. The Balaban J connectivity index is 2.78. The van der Waals surface area contributed by atoms with Crippen molar-refractivity contribution in [3.8, 4) is 0 Å². The van der Waals surface area contributed by atoms with Gasteiger partial charge in [-0.3, -0.25) is 0 Å². The van der Waals surface area contributed by atoms with Crippen molar-refractivity contribution in [1.82, 2.24) is 0 Å². The highest BCUT2D eigenvalue weighted by Gasteiger charge is 2.50. The fourth-order valence-corrected chi connectivity index (χ4v) is 1.47. The smallest absolute Gasteiger partial charge is 0.253 e. The lowest BCUT2D eigenvalue weighted by atomic mass is 9.99. The highest BCUT2D eigenvalue weighted by molar-refractivity contribution is 4.89. The fourth-order valence-electron chi connectivity index (χ4n) is 1.47. The molecule has 1 heterocycles. The molecule has 0 saturated carbocycles. The molecule has 1 aliphatic rings. The molecule has 5 atom stereocenters. The maximum atomic E-state index is 9.51. The fraction of sp³-hybridized carbons (Fsp3) is 1.00. The summed E-state index contributed by atoms with van der Waals surface area (Å²) in [6.07, 6.45) is -6.54. The summed E-state index contributed by atoms with van der Waals surface area (Å²) in [6, 6.07) is 0. The number of ether oxygens (including phenoxy) is 1. The minimum Gasteiger partial charge on any atom is -0.394 e. The zero-order valence-corrected chi connectivity index (χ0v) is 7.65. The van der Waals surface area contributed by atoms with Crippen LogP contribution in [0.5, 0.6) is 0 Å². The van der Waals surface area contributed by atoms with Crippen LogP contribution < -0.4 is 0 Å². The van der Waals surface area contributed by atoms with E-state index in [0.29, 0.717) is 0 Å². The molecule has 0 aromatic heterocycles. The first-order valence-corrected chi connectivity index (χ1v) is 4.13. The summed E-state index contributed by atoms with van der Waals surface area (Å²) in [5, 5.41) is 45.8. The molecule has 5 N–H and O–H groups in total. The number of aliphatic hydroxyl groups is 4. The monoisotopic (exact) mass is 211 g/mol. The largest absolute Gasteiger partial charge is 0.394 e. The van der Waals surface area contributed by atoms with Crippen molar-refractivity contribution in [2.45, 2.75) is 30.7 Å². The van der Waals surface area contributed by atoms with E-state index in [0.717, 1.165) is 7.11 Å². The van der Waals surface area contributed by atoms with Gasteiger partial charge in [0.05, 0.1) is 6.61 Å². The van der Waals surface area contributed by atoms with Crippen LogP contribution in [0.4, 0.5) is 0 Å². The molecule has 1 aliphatic heterocycles. The summed E-state index contributed by atoms with van der Waals surface area (Å²) in [5.74, 6) is 0. The van der Waals surface area contributed by atoms with E-state index in [1.165, 1.54) is 4.52 Å². The van der Waals surface area contributed by atoms with E-state index in [9.17, 15) is 15.3 Å². The van der Waals surface area contributed by atoms with Crippen LogP contribution in [0.1, 0.15) is 0 Å². The third-order valence-electron chi connectivity index (χ3n) is 2.23. The number of hydrogen-bond donors (Lipinski definition) is 5. The molecule has 1 fully saturated rings. The molecule has 1 saturated heterocycles. The van der Waals surface area contributed by atoms with Crippen molar-refractivity contribution >= 4 is 0 Å². The van der Waals surface area contributed by atoms with Gasteiger partial charge in [-0.25, -0.2) is 4.52 Å². The van der Waals surface area contributed by atoms with Gasteiger partial charge in [0, 0.05) is 0 Å². The van der Waals surface area contributed by atoms with E-state index in [1.54, 1.807) is 0 Å². The SMILES string of the molecule is C[O+](O)[C@@H]1[C@@H](O)[C@H](O)O[C@H](CO)[C@@H]1O. The molecule has 7 nitrogen and oxygen atoms in total. The highest BCUT2D eigenvalue weighted by atomic mass is 17.2. The first-order chi connectivity index (χ1) is 6.49. The lowest BCUT2D eigenvalue weighted by Crippen LogP contribution is -2.61. The standard InChI is InChI=1S/C7H15O7/c1-14(12)6-4(9)3(2-8)13-7(11)5(6)10/h3-12H,2H2,1H3/q+1/t3-,4+,5-,6+,7-/m1/s1. The summed E-state index contributed by atoms with van der Waals surface area (Å²) in [6.45, 7) is -0.518. The third-order valence-corrected chi connectivity index (χ3v) is 2.23. The highest BCUT2D eigenvalue weighted by Crippen LogP contribution is 2.23. The summed E-state index contributed by atoms with van der Waals surface area (Å²) in [5.41, 5.74) is 0. The van der Waals surface area contributed by atoms with Gasteiger partial charge in [0.2, 0.25) is 0 Å². The average Bonchev–Trinajstić information content (AvgIpc) is 2.11. The van der Waals surface area contributed by atoms with Gasteiger partial charge in [-0.15, -0.1) is 5.26 Å². The van der Waals surface area contributed by atoms with Gasteiger partial charge in [0.1, 0.15) is 6.10 Å². The maximum Gasteiger partial charge on any atom is 0.253 e. The molecule has 1 rings (SSSR count). The number of aliphatic hydroxyl groups excluding tert-OH is 4. The summed E-state index contributed by atoms with van der Waals surface area (Å²) in [4.78, 5) is 0. The predicted molar refractivity (Wildman–Crippen MR) is 43.4 cm³/mol. The van der Waals surface area contributed by atoms with Gasteiger partial charge in [-0.1, -0.05) is 0 Å². The van der Waals surface area contributed by atoms with Crippen LogP contribution >= 0.6 is 0 Å².